The van der Waals surface area contributed by atoms with E-state index in [0.717, 1.165) is 16.7 Å². The second-order valence-corrected chi connectivity index (χ2v) is 8.10. The van der Waals surface area contributed by atoms with Crippen LogP contribution in [0.3, 0.4) is 0 Å². The van der Waals surface area contributed by atoms with Crippen LogP contribution in [0.5, 0.6) is 5.75 Å². The van der Waals surface area contributed by atoms with Crippen LogP contribution in [0.15, 0.2) is 23.6 Å². The molecule has 0 amide bonds. The third kappa shape index (κ3) is 3.88. The van der Waals surface area contributed by atoms with Crippen LogP contribution in [0.2, 0.25) is 0 Å². The molecule has 0 radical (unpaired) electrons. The van der Waals surface area contributed by atoms with E-state index in [1.54, 1.807) is 6.21 Å². The molecule has 6 heteroatoms. The fourth-order valence-corrected chi connectivity index (χ4v) is 2.48. The predicted molar refractivity (Wildman–Crippen MR) is 95.9 cm³/mol. The van der Waals surface area contributed by atoms with Crippen LogP contribution in [0.25, 0.3) is 0 Å². The topological polar surface area (TPSA) is 66.2 Å². The molecule has 1 aromatic carbocycles. The molecule has 0 unspecified atom stereocenters. The number of aromatic nitrogens is 3. The highest BCUT2D eigenvalue weighted by Gasteiger charge is 2.26. The molecule has 0 fully saturated rings. The number of aromatic hydroxyl groups is 1. The van der Waals surface area contributed by atoms with E-state index in [4.69, 9.17) is 12.2 Å². The van der Waals surface area contributed by atoms with E-state index in [2.05, 4.69) is 56.8 Å². The minimum absolute atomic E-state index is 0.167. The number of H-pyrrole nitrogens is 1. The Hall–Kier alpha value is -1.95. The maximum Gasteiger partial charge on any atom is 0.216 e. The molecule has 23 heavy (non-hydrogen) atoms. The van der Waals surface area contributed by atoms with Gasteiger partial charge in [0.25, 0.3) is 0 Å². The number of hydrogen-bond donors (Lipinski definition) is 2. The van der Waals surface area contributed by atoms with Gasteiger partial charge in [-0.15, -0.1) is 0 Å². The Labute approximate surface area is 142 Å². The van der Waals surface area contributed by atoms with E-state index in [1.165, 1.54) is 11.0 Å². The first-order valence-corrected chi connectivity index (χ1v) is 7.95. The molecule has 0 aliphatic heterocycles. The quantitative estimate of drug-likeness (QED) is 0.642. The van der Waals surface area contributed by atoms with E-state index in [9.17, 15) is 5.11 Å². The van der Waals surface area contributed by atoms with Crippen LogP contribution in [-0.2, 0) is 10.8 Å². The first-order chi connectivity index (χ1) is 10.5. The van der Waals surface area contributed by atoms with Gasteiger partial charge in [0.1, 0.15) is 12.1 Å². The number of nitrogens with zero attached hydrogens (tertiary/aromatic N) is 3. The van der Waals surface area contributed by atoms with Crippen molar-refractivity contribution in [2.75, 3.05) is 0 Å². The lowest BCUT2D eigenvalue weighted by atomic mass is 9.78. The normalized spacial score (nSPS) is 13.0. The third-order valence-electron chi connectivity index (χ3n) is 3.61. The molecule has 2 rings (SSSR count). The van der Waals surface area contributed by atoms with Crippen LogP contribution in [0, 0.1) is 4.77 Å². The second-order valence-electron chi connectivity index (χ2n) is 7.72. The maximum atomic E-state index is 10.7. The van der Waals surface area contributed by atoms with Crippen LogP contribution in [0.4, 0.5) is 0 Å². The number of nitrogens with one attached hydrogen (secondary N) is 1. The van der Waals surface area contributed by atoms with Crippen LogP contribution in [0.1, 0.15) is 58.2 Å². The van der Waals surface area contributed by atoms with Gasteiger partial charge in [0.15, 0.2) is 0 Å². The molecule has 0 aliphatic rings. The Morgan fingerprint density at radius 3 is 2.04 bits per heavy atom. The minimum atomic E-state index is -0.167. The van der Waals surface area contributed by atoms with E-state index < -0.39 is 0 Å². The van der Waals surface area contributed by atoms with Gasteiger partial charge < -0.3 is 5.11 Å². The summed E-state index contributed by atoms with van der Waals surface area (Å²) < 4.78 is 1.93. The molecule has 1 heterocycles. The van der Waals surface area contributed by atoms with Crippen molar-refractivity contribution in [3.05, 3.63) is 39.9 Å². The second kappa shape index (κ2) is 5.92. The van der Waals surface area contributed by atoms with Crippen LogP contribution in [-0.4, -0.2) is 26.2 Å². The van der Waals surface area contributed by atoms with Gasteiger partial charge in [0, 0.05) is 11.1 Å². The lowest BCUT2D eigenvalue weighted by Gasteiger charge is -2.27. The molecule has 0 atom stereocenters. The molecular formula is C17H24N4OS. The summed E-state index contributed by atoms with van der Waals surface area (Å²) in [5.74, 6) is 0.363. The standard InChI is InChI=1S/C17H24N4OS/c1-16(2,3)12-7-11(8-13(14(12)22)17(4,5)6)9-19-21-10-18-20-15(21)23/h7-10,22H,1-6H3,(H,20,23)/b19-9+. The summed E-state index contributed by atoms with van der Waals surface area (Å²) in [5.41, 5.74) is 2.39. The molecule has 0 aliphatic carbocycles. The summed E-state index contributed by atoms with van der Waals surface area (Å²) in [5, 5.41) is 21.5. The zero-order valence-corrected chi connectivity index (χ0v) is 15.3. The summed E-state index contributed by atoms with van der Waals surface area (Å²) in [6.45, 7) is 12.5. The largest absolute Gasteiger partial charge is 0.507 e. The monoisotopic (exact) mass is 332 g/mol. The Bertz CT molecular complexity index is 753. The van der Waals surface area contributed by atoms with Crippen molar-refractivity contribution < 1.29 is 5.11 Å². The van der Waals surface area contributed by atoms with Gasteiger partial charge in [-0.25, -0.2) is 0 Å². The number of aromatic amines is 1. The van der Waals surface area contributed by atoms with Gasteiger partial charge in [-0.3, -0.25) is 5.10 Å². The number of benzene rings is 1. The zero-order chi connectivity index (χ0) is 17.4. The first-order valence-electron chi connectivity index (χ1n) is 7.54. The van der Waals surface area contributed by atoms with Gasteiger partial charge in [0.2, 0.25) is 4.77 Å². The van der Waals surface area contributed by atoms with Crippen molar-refractivity contribution in [3.63, 3.8) is 0 Å². The van der Waals surface area contributed by atoms with Crippen molar-refractivity contribution >= 4 is 18.4 Å². The third-order valence-corrected chi connectivity index (χ3v) is 3.89. The smallest absolute Gasteiger partial charge is 0.216 e. The summed E-state index contributed by atoms with van der Waals surface area (Å²) >= 11 is 5.08. The molecule has 2 aromatic rings. The van der Waals surface area contributed by atoms with E-state index in [0.29, 0.717) is 10.5 Å². The van der Waals surface area contributed by atoms with Crippen molar-refractivity contribution in [1.29, 1.82) is 0 Å². The Morgan fingerprint density at radius 1 is 1.13 bits per heavy atom. The Balaban J connectivity index is 2.59. The van der Waals surface area contributed by atoms with Gasteiger partial charge in [-0.1, -0.05) is 41.5 Å². The molecule has 0 spiro atoms. The van der Waals surface area contributed by atoms with Crippen LogP contribution >= 0.6 is 12.2 Å². The van der Waals surface area contributed by atoms with Gasteiger partial charge in [-0.2, -0.15) is 14.9 Å². The van der Waals surface area contributed by atoms with Crippen molar-refractivity contribution in [1.82, 2.24) is 14.9 Å². The average Bonchev–Trinajstić information content (AvgIpc) is 2.80. The summed E-state index contributed by atoms with van der Waals surface area (Å²) in [6.07, 6.45) is 3.25. The van der Waals surface area contributed by atoms with Crippen molar-refractivity contribution in [3.8, 4) is 5.75 Å². The highest BCUT2D eigenvalue weighted by Crippen LogP contribution is 2.39. The summed E-state index contributed by atoms with van der Waals surface area (Å²) in [6, 6.07) is 3.94. The first kappa shape index (κ1) is 17.4. The predicted octanol–water partition coefficient (Wildman–Crippen LogP) is 4.12. The van der Waals surface area contributed by atoms with Gasteiger partial charge >= 0.3 is 0 Å². The molecule has 0 saturated carbocycles. The van der Waals surface area contributed by atoms with Gasteiger partial charge in [-0.05, 0) is 40.7 Å². The van der Waals surface area contributed by atoms with Crippen LogP contribution < -0.4 is 0 Å². The number of phenolic OH excluding ortho intramolecular Hbond substituents is 1. The molecular weight excluding hydrogens is 308 g/mol. The van der Waals surface area contributed by atoms with E-state index in [1.807, 2.05) is 12.1 Å². The van der Waals surface area contributed by atoms with Crippen molar-refractivity contribution in [2.24, 2.45) is 5.10 Å². The Kier molecular flexibility index (Phi) is 4.48. The summed E-state index contributed by atoms with van der Waals surface area (Å²) in [7, 11) is 0. The molecule has 0 saturated heterocycles. The highest BCUT2D eigenvalue weighted by atomic mass is 32.1. The molecule has 124 valence electrons. The fourth-order valence-electron chi connectivity index (χ4n) is 2.33. The van der Waals surface area contributed by atoms with E-state index in [-0.39, 0.29) is 10.8 Å². The molecule has 5 nitrogen and oxygen atoms in total. The maximum absolute atomic E-state index is 10.7. The molecule has 2 N–H and O–H groups in total. The minimum Gasteiger partial charge on any atom is -0.507 e. The molecule has 0 bridgehead atoms. The number of hydrogen-bond acceptors (Lipinski definition) is 4. The SMILES string of the molecule is CC(C)(C)c1cc(/C=N/n2cn[nH]c2=S)cc(C(C)(C)C)c1O. The summed E-state index contributed by atoms with van der Waals surface area (Å²) in [4.78, 5) is 0. The average molecular weight is 332 g/mol. The van der Waals surface area contributed by atoms with E-state index >= 15 is 0 Å². The lowest BCUT2D eigenvalue weighted by molar-refractivity contribution is 0.423. The van der Waals surface area contributed by atoms with Gasteiger partial charge in [0.05, 0.1) is 6.21 Å². The number of rotatable bonds is 2. The zero-order valence-electron chi connectivity index (χ0n) is 14.5. The highest BCUT2D eigenvalue weighted by molar-refractivity contribution is 7.71. The van der Waals surface area contributed by atoms with Crippen molar-refractivity contribution in [2.45, 2.75) is 52.4 Å². The Morgan fingerprint density at radius 2 is 1.65 bits per heavy atom. The molecule has 1 aromatic heterocycles. The number of phenols is 1. The lowest BCUT2D eigenvalue weighted by Crippen LogP contribution is -2.17. The fraction of sp³-hybridized carbons (Fsp3) is 0.471.